The molecular weight excluding hydrogens is 328 g/mol. The second kappa shape index (κ2) is 7.50. The number of halogens is 1. The summed E-state index contributed by atoms with van der Waals surface area (Å²) in [7, 11) is -2.35. The summed E-state index contributed by atoms with van der Waals surface area (Å²) in [5.74, 6) is -0.290. The zero-order valence-electron chi connectivity index (χ0n) is 10.7. The van der Waals surface area contributed by atoms with Crippen LogP contribution in [0.4, 0.5) is 10.7 Å². The van der Waals surface area contributed by atoms with Crippen LogP contribution in [0, 0.1) is 0 Å². The lowest BCUT2D eigenvalue weighted by Crippen LogP contribution is -2.36. The molecule has 0 aromatic carbocycles. The molecule has 11 heteroatoms. The van der Waals surface area contributed by atoms with E-state index in [9.17, 15) is 13.2 Å². The largest absolute Gasteiger partial charge is 0.481 e. The predicted octanol–water partition coefficient (Wildman–Crippen LogP) is 0.897. The van der Waals surface area contributed by atoms with Gasteiger partial charge in [-0.1, -0.05) is 0 Å². The fraction of sp³-hybridized carbons (Fsp3) is 0.444. The fourth-order valence-corrected chi connectivity index (χ4v) is 2.73. The Balaban J connectivity index is 2.80. The van der Waals surface area contributed by atoms with Gasteiger partial charge in [0.15, 0.2) is 0 Å². The molecule has 2 amide bonds. The Labute approximate surface area is 125 Å². The molecule has 0 bridgehead atoms. The van der Waals surface area contributed by atoms with Gasteiger partial charge in [-0.05, 0) is 6.26 Å². The number of hydrogen-bond acceptors (Lipinski definition) is 7. The van der Waals surface area contributed by atoms with Crippen LogP contribution in [-0.2, 0) is 10.0 Å². The average Bonchev–Trinajstić information content (AvgIpc) is 2.37. The van der Waals surface area contributed by atoms with E-state index in [2.05, 4.69) is 15.3 Å². The highest BCUT2D eigenvalue weighted by molar-refractivity contribution is 7.98. The van der Waals surface area contributed by atoms with Crippen molar-refractivity contribution in [3.05, 3.63) is 6.07 Å². The Bertz CT molecular complexity index is 559. The van der Waals surface area contributed by atoms with E-state index in [0.29, 0.717) is 5.03 Å². The van der Waals surface area contributed by atoms with Crippen molar-refractivity contribution in [3.8, 4) is 5.88 Å². The van der Waals surface area contributed by atoms with Gasteiger partial charge < -0.3 is 4.74 Å². The van der Waals surface area contributed by atoms with E-state index in [4.69, 9.17) is 16.3 Å². The monoisotopic (exact) mass is 340 g/mol. The second-order valence-electron chi connectivity index (χ2n) is 3.34. The summed E-state index contributed by atoms with van der Waals surface area (Å²) in [5.41, 5.74) is 0. The molecule has 0 saturated carbocycles. The van der Waals surface area contributed by atoms with Crippen molar-refractivity contribution in [2.24, 2.45) is 0 Å². The molecule has 2 N–H and O–H groups in total. The van der Waals surface area contributed by atoms with E-state index in [-0.39, 0.29) is 23.5 Å². The standard InChI is InChI=1S/C9H13ClN4O4S2/c1-18-6-5-7(19-2)12-8(11-6)13-9(15)14-20(16,17)4-3-10/h5H,3-4H2,1-2H3,(H2,11,12,13,14,15). The molecule has 1 heterocycles. The Morgan fingerprint density at radius 2 is 2.20 bits per heavy atom. The van der Waals surface area contributed by atoms with Gasteiger partial charge in [-0.25, -0.2) is 22.9 Å². The lowest BCUT2D eigenvalue weighted by molar-refractivity contribution is 0.256. The number of hydrogen-bond donors (Lipinski definition) is 2. The molecule has 112 valence electrons. The summed E-state index contributed by atoms with van der Waals surface area (Å²) in [5, 5.41) is 2.78. The first-order valence-corrected chi connectivity index (χ1v) is 8.66. The highest BCUT2D eigenvalue weighted by Crippen LogP contribution is 2.19. The lowest BCUT2D eigenvalue weighted by Gasteiger charge is -2.08. The molecule has 20 heavy (non-hydrogen) atoms. The zero-order chi connectivity index (χ0) is 15.2. The van der Waals surface area contributed by atoms with E-state index in [1.165, 1.54) is 18.9 Å². The van der Waals surface area contributed by atoms with Crippen LogP contribution >= 0.6 is 23.4 Å². The minimum Gasteiger partial charge on any atom is -0.481 e. The minimum atomic E-state index is -3.77. The SMILES string of the molecule is COc1cc(SC)nc(NC(=O)NS(=O)(=O)CCCl)n1. The third kappa shape index (κ3) is 5.39. The fourth-order valence-electron chi connectivity index (χ4n) is 1.09. The number of ether oxygens (including phenoxy) is 1. The molecule has 0 aliphatic carbocycles. The highest BCUT2D eigenvalue weighted by Gasteiger charge is 2.15. The van der Waals surface area contributed by atoms with E-state index < -0.39 is 16.1 Å². The molecule has 0 spiro atoms. The van der Waals surface area contributed by atoms with Crippen LogP contribution in [0.3, 0.4) is 0 Å². The second-order valence-corrected chi connectivity index (χ2v) is 6.39. The van der Waals surface area contributed by atoms with Crippen LogP contribution < -0.4 is 14.8 Å². The first-order chi connectivity index (χ1) is 9.40. The molecule has 0 saturated heterocycles. The quantitative estimate of drug-likeness (QED) is 0.449. The van der Waals surface area contributed by atoms with Crippen LogP contribution in [0.2, 0.25) is 0 Å². The highest BCUT2D eigenvalue weighted by atomic mass is 35.5. The van der Waals surface area contributed by atoms with Crippen LogP contribution in [0.5, 0.6) is 5.88 Å². The number of nitrogens with zero attached hydrogens (tertiary/aromatic N) is 2. The predicted molar refractivity (Wildman–Crippen MR) is 77.0 cm³/mol. The molecule has 1 aromatic heterocycles. The number of amides is 2. The Morgan fingerprint density at radius 3 is 2.75 bits per heavy atom. The molecule has 0 unspecified atom stereocenters. The van der Waals surface area contributed by atoms with Crippen molar-refractivity contribution in [1.29, 1.82) is 0 Å². The number of urea groups is 1. The van der Waals surface area contributed by atoms with Gasteiger partial charge in [0, 0.05) is 11.9 Å². The van der Waals surface area contributed by atoms with Gasteiger partial charge in [0.25, 0.3) is 0 Å². The molecule has 8 nitrogen and oxygen atoms in total. The average molecular weight is 341 g/mol. The lowest BCUT2D eigenvalue weighted by atomic mass is 10.6. The summed E-state index contributed by atoms with van der Waals surface area (Å²) in [4.78, 5) is 19.4. The molecule has 1 rings (SSSR count). The van der Waals surface area contributed by atoms with Gasteiger partial charge in [0.2, 0.25) is 21.9 Å². The summed E-state index contributed by atoms with van der Waals surface area (Å²) >= 11 is 6.64. The number of carbonyl (C=O) groups excluding carboxylic acids is 1. The van der Waals surface area contributed by atoms with Crippen LogP contribution in [0.25, 0.3) is 0 Å². The maximum atomic E-state index is 11.5. The van der Waals surface area contributed by atoms with Crippen LogP contribution in [0.1, 0.15) is 0 Å². The molecule has 0 aliphatic heterocycles. The zero-order valence-corrected chi connectivity index (χ0v) is 13.1. The molecule has 0 atom stereocenters. The first-order valence-electron chi connectivity index (χ1n) is 5.24. The van der Waals surface area contributed by atoms with Gasteiger partial charge in [0.1, 0.15) is 5.03 Å². The number of thioether (sulfide) groups is 1. The third-order valence-electron chi connectivity index (χ3n) is 1.92. The van der Waals surface area contributed by atoms with Gasteiger partial charge in [-0.2, -0.15) is 4.98 Å². The van der Waals surface area contributed by atoms with Gasteiger partial charge >= 0.3 is 6.03 Å². The van der Waals surface area contributed by atoms with Gasteiger partial charge in [-0.3, -0.25) is 5.32 Å². The maximum Gasteiger partial charge on any atom is 0.335 e. The third-order valence-corrected chi connectivity index (χ3v) is 4.20. The molecule has 0 radical (unpaired) electrons. The number of rotatable bonds is 6. The van der Waals surface area contributed by atoms with Crippen LogP contribution in [-0.4, -0.2) is 49.4 Å². The Morgan fingerprint density at radius 1 is 1.50 bits per heavy atom. The normalized spacial score (nSPS) is 10.9. The van der Waals surface area contributed by atoms with Gasteiger partial charge in [-0.15, -0.1) is 23.4 Å². The first kappa shape index (κ1) is 16.8. The van der Waals surface area contributed by atoms with Crippen molar-refractivity contribution in [2.75, 3.05) is 30.3 Å². The summed E-state index contributed by atoms with van der Waals surface area (Å²) in [6.07, 6.45) is 1.79. The minimum absolute atomic E-state index is 0.0627. The summed E-state index contributed by atoms with van der Waals surface area (Å²) in [6, 6.07) is 0.619. The molecule has 1 aromatic rings. The Kier molecular flexibility index (Phi) is 6.30. The Hall–Kier alpha value is -1.26. The smallest absolute Gasteiger partial charge is 0.335 e. The number of carbonyl (C=O) groups is 1. The summed E-state index contributed by atoms with van der Waals surface area (Å²) < 4.78 is 29.4. The number of nitrogens with one attached hydrogen (secondary N) is 2. The molecular formula is C9H13ClN4O4S2. The van der Waals surface area contributed by atoms with Crippen molar-refractivity contribution in [2.45, 2.75) is 5.03 Å². The van der Waals surface area contributed by atoms with E-state index >= 15 is 0 Å². The van der Waals surface area contributed by atoms with Crippen molar-refractivity contribution < 1.29 is 17.9 Å². The van der Waals surface area contributed by atoms with Crippen LogP contribution in [0.15, 0.2) is 11.1 Å². The maximum absolute atomic E-state index is 11.5. The summed E-state index contributed by atoms with van der Waals surface area (Å²) in [6.45, 7) is 0. The molecule has 0 aliphatic rings. The topological polar surface area (TPSA) is 110 Å². The van der Waals surface area contributed by atoms with Gasteiger partial charge in [0.05, 0.1) is 12.9 Å². The number of alkyl halides is 1. The molecule has 0 fully saturated rings. The van der Waals surface area contributed by atoms with Crippen molar-refractivity contribution in [1.82, 2.24) is 14.7 Å². The number of aromatic nitrogens is 2. The number of anilines is 1. The van der Waals surface area contributed by atoms with Crippen molar-refractivity contribution in [3.63, 3.8) is 0 Å². The number of sulfonamides is 1. The van der Waals surface area contributed by atoms with E-state index in [1.807, 2.05) is 0 Å². The van der Waals surface area contributed by atoms with Crippen molar-refractivity contribution >= 4 is 45.4 Å². The number of methoxy groups -OCH3 is 1. The van der Waals surface area contributed by atoms with E-state index in [1.54, 1.807) is 17.0 Å². The van der Waals surface area contributed by atoms with E-state index in [0.717, 1.165) is 0 Å².